The second-order valence-corrected chi connectivity index (χ2v) is 9.34. The number of carbonyl (C=O) groups excluding carboxylic acids is 2. The number of methoxy groups -OCH3 is 1. The van der Waals surface area contributed by atoms with E-state index in [1.165, 1.54) is 12.0 Å². The molecule has 2 aliphatic heterocycles. The summed E-state index contributed by atoms with van der Waals surface area (Å²) in [5, 5.41) is 0. The maximum atomic E-state index is 14.8. The third kappa shape index (κ3) is 4.52. The van der Waals surface area contributed by atoms with Gasteiger partial charge >= 0.3 is 12.1 Å². The summed E-state index contributed by atoms with van der Waals surface area (Å²) < 4.78 is 39.8. The van der Waals surface area contributed by atoms with Gasteiger partial charge in [-0.25, -0.2) is 13.6 Å². The molecule has 0 radical (unpaired) electrons. The summed E-state index contributed by atoms with van der Waals surface area (Å²) in [5.41, 5.74) is -1.51. The second-order valence-electron chi connectivity index (χ2n) is 9.34. The topological polar surface area (TPSA) is 59.1 Å². The van der Waals surface area contributed by atoms with Crippen LogP contribution in [0.15, 0.2) is 0 Å². The lowest BCUT2D eigenvalue weighted by molar-refractivity contribution is -0.152. The van der Waals surface area contributed by atoms with Crippen LogP contribution in [-0.4, -0.2) is 71.7 Å². The molecule has 0 bridgehead atoms. The number of fused-ring (bicyclic) bond motifs is 1. The van der Waals surface area contributed by atoms with Crippen LogP contribution in [0.3, 0.4) is 0 Å². The van der Waals surface area contributed by atoms with E-state index in [-0.39, 0.29) is 12.0 Å². The van der Waals surface area contributed by atoms with Crippen LogP contribution < -0.4 is 0 Å². The van der Waals surface area contributed by atoms with E-state index in [2.05, 4.69) is 0 Å². The molecule has 156 valence electrons. The average Bonchev–Trinajstić information content (AvgIpc) is 3.04. The van der Waals surface area contributed by atoms with Crippen molar-refractivity contribution in [3.8, 4) is 0 Å². The highest BCUT2D eigenvalue weighted by atomic mass is 19.3. The van der Waals surface area contributed by atoms with E-state index < -0.39 is 41.7 Å². The second kappa shape index (κ2) is 7.18. The van der Waals surface area contributed by atoms with Gasteiger partial charge in [0.2, 0.25) is 0 Å². The van der Waals surface area contributed by atoms with Crippen LogP contribution in [0, 0.1) is 5.41 Å². The molecule has 0 spiro atoms. The first-order chi connectivity index (χ1) is 12.2. The molecule has 2 rings (SSSR count). The van der Waals surface area contributed by atoms with E-state index in [0.717, 1.165) is 0 Å². The fourth-order valence-corrected chi connectivity index (χ4v) is 4.32. The highest BCUT2D eigenvalue weighted by Crippen LogP contribution is 2.44. The van der Waals surface area contributed by atoms with Crippen molar-refractivity contribution < 1.29 is 27.8 Å². The van der Waals surface area contributed by atoms with Crippen molar-refractivity contribution in [2.75, 3.05) is 20.2 Å². The Hall–Kier alpha value is -1.44. The van der Waals surface area contributed by atoms with Crippen LogP contribution in [0.4, 0.5) is 13.6 Å². The summed E-state index contributed by atoms with van der Waals surface area (Å²) in [6.07, 6.45) is 0.160. The Kier molecular flexibility index (Phi) is 5.82. The molecule has 0 aromatic carbocycles. The minimum absolute atomic E-state index is 0.251. The number of hydrogen-bond acceptors (Lipinski definition) is 5. The van der Waals surface area contributed by atoms with Gasteiger partial charge in [0.05, 0.1) is 31.2 Å². The Morgan fingerprint density at radius 1 is 1.22 bits per heavy atom. The third-order valence-electron chi connectivity index (χ3n) is 5.36. The number of ether oxygens (including phenoxy) is 2. The maximum absolute atomic E-state index is 14.8. The van der Waals surface area contributed by atoms with Gasteiger partial charge in [0.15, 0.2) is 0 Å². The van der Waals surface area contributed by atoms with Crippen LogP contribution in [0.1, 0.15) is 54.4 Å². The van der Waals surface area contributed by atoms with E-state index in [1.807, 2.05) is 6.92 Å². The largest absolute Gasteiger partial charge is 0.469 e. The first-order valence-corrected chi connectivity index (χ1v) is 9.41. The zero-order valence-corrected chi connectivity index (χ0v) is 17.3. The van der Waals surface area contributed by atoms with E-state index >= 15 is 0 Å². The number of halogens is 2. The Labute approximate surface area is 160 Å². The molecule has 0 saturated carbocycles. The number of alkyl halides is 2. The van der Waals surface area contributed by atoms with Crippen molar-refractivity contribution in [1.29, 1.82) is 0 Å². The van der Waals surface area contributed by atoms with Crippen molar-refractivity contribution in [3.05, 3.63) is 0 Å². The van der Waals surface area contributed by atoms with Gasteiger partial charge in [-0.3, -0.25) is 14.6 Å². The molecule has 0 aliphatic carbocycles. The normalized spacial score (nSPS) is 26.6. The molecule has 1 amide bonds. The zero-order valence-electron chi connectivity index (χ0n) is 17.3. The van der Waals surface area contributed by atoms with E-state index in [9.17, 15) is 18.4 Å². The molecule has 2 saturated heterocycles. The zero-order chi connectivity index (χ0) is 20.8. The highest BCUT2D eigenvalue weighted by Gasteiger charge is 2.62. The summed E-state index contributed by atoms with van der Waals surface area (Å²) in [6, 6.07) is -1.90. The van der Waals surface area contributed by atoms with Crippen LogP contribution >= 0.6 is 0 Å². The molecule has 3 atom stereocenters. The van der Waals surface area contributed by atoms with Gasteiger partial charge < -0.3 is 9.47 Å². The average molecular weight is 390 g/mol. The van der Waals surface area contributed by atoms with Gasteiger partial charge in [-0.2, -0.15) is 0 Å². The Bertz CT molecular complexity index is 589. The summed E-state index contributed by atoms with van der Waals surface area (Å²) in [5.74, 6) is -3.39. The molecule has 2 fully saturated rings. The maximum Gasteiger partial charge on any atom is 0.410 e. The lowest BCUT2D eigenvalue weighted by Crippen LogP contribution is -2.50. The molecule has 0 aromatic heterocycles. The van der Waals surface area contributed by atoms with E-state index in [0.29, 0.717) is 19.4 Å². The predicted octanol–water partition coefficient (Wildman–Crippen LogP) is 3.29. The predicted molar refractivity (Wildman–Crippen MR) is 96.7 cm³/mol. The smallest absolute Gasteiger partial charge is 0.410 e. The Morgan fingerprint density at radius 3 is 2.33 bits per heavy atom. The monoisotopic (exact) mass is 390 g/mol. The molecule has 0 aromatic rings. The first kappa shape index (κ1) is 21.9. The van der Waals surface area contributed by atoms with Crippen LogP contribution in [0.2, 0.25) is 0 Å². The summed E-state index contributed by atoms with van der Waals surface area (Å²) >= 11 is 0. The van der Waals surface area contributed by atoms with Gasteiger partial charge in [-0.15, -0.1) is 0 Å². The highest BCUT2D eigenvalue weighted by molar-refractivity contribution is 5.75. The fourth-order valence-electron chi connectivity index (χ4n) is 4.32. The van der Waals surface area contributed by atoms with Crippen molar-refractivity contribution in [2.45, 2.75) is 84.0 Å². The molecule has 0 unspecified atom stereocenters. The third-order valence-corrected chi connectivity index (χ3v) is 5.36. The molecular formula is C19H32F2N2O4. The molecular weight excluding hydrogens is 358 g/mol. The number of carbonyl (C=O) groups is 2. The summed E-state index contributed by atoms with van der Waals surface area (Å²) in [4.78, 5) is 27.3. The van der Waals surface area contributed by atoms with Crippen LogP contribution in [0.25, 0.3) is 0 Å². The fraction of sp³-hybridized carbons (Fsp3) is 0.895. The minimum Gasteiger partial charge on any atom is -0.469 e. The number of likely N-dealkylation sites (tertiary alicyclic amines) is 2. The van der Waals surface area contributed by atoms with Gasteiger partial charge in [0.25, 0.3) is 5.92 Å². The molecule has 0 N–H and O–H groups in total. The lowest BCUT2D eigenvalue weighted by atomic mass is 9.85. The summed E-state index contributed by atoms with van der Waals surface area (Å²) in [7, 11) is 1.32. The Morgan fingerprint density at radius 2 is 1.81 bits per heavy atom. The number of nitrogens with zero attached hydrogens (tertiary/aromatic N) is 2. The number of esters is 1. The number of amides is 1. The number of hydrogen-bond donors (Lipinski definition) is 0. The van der Waals surface area contributed by atoms with Crippen LogP contribution in [-0.2, 0) is 14.3 Å². The number of rotatable bonds is 4. The Balaban J connectivity index is 2.16. The molecule has 8 heteroatoms. The summed E-state index contributed by atoms with van der Waals surface area (Å²) in [6.45, 7) is 10.3. The molecule has 2 aliphatic rings. The van der Waals surface area contributed by atoms with Gasteiger partial charge in [-0.1, -0.05) is 0 Å². The first-order valence-electron chi connectivity index (χ1n) is 9.41. The van der Waals surface area contributed by atoms with Gasteiger partial charge in [0, 0.05) is 12.6 Å². The van der Waals surface area contributed by atoms with Crippen molar-refractivity contribution >= 4 is 12.1 Å². The standard InChI is InChI=1S/C19H32F2N2O4/c1-12(10-18(5,6)15(24)26-7)22-9-8-13-14(22)19(20,21)11-23(13)16(25)27-17(2,3)4/h12-14H,8-11H2,1-7H3/t12-,13+,14-/m1/s1. The van der Waals surface area contributed by atoms with Crippen molar-refractivity contribution in [3.63, 3.8) is 0 Å². The molecule has 27 heavy (non-hydrogen) atoms. The van der Waals surface area contributed by atoms with Gasteiger partial charge in [0.1, 0.15) is 5.60 Å². The SMILES string of the molecule is COC(=O)C(C)(C)C[C@@H](C)N1CC[C@H]2[C@@H]1C(F)(F)CN2C(=O)OC(C)(C)C. The minimum atomic E-state index is -3.03. The van der Waals surface area contributed by atoms with Crippen LogP contribution in [0.5, 0.6) is 0 Å². The van der Waals surface area contributed by atoms with E-state index in [4.69, 9.17) is 9.47 Å². The lowest BCUT2D eigenvalue weighted by Gasteiger charge is -2.36. The molecule has 6 nitrogen and oxygen atoms in total. The van der Waals surface area contributed by atoms with E-state index in [1.54, 1.807) is 39.5 Å². The van der Waals surface area contributed by atoms with Crippen molar-refractivity contribution in [2.24, 2.45) is 5.41 Å². The molecule has 2 heterocycles. The van der Waals surface area contributed by atoms with Crippen molar-refractivity contribution in [1.82, 2.24) is 9.80 Å². The van der Waals surface area contributed by atoms with Gasteiger partial charge in [-0.05, 0) is 54.4 Å². The quantitative estimate of drug-likeness (QED) is 0.690.